The van der Waals surface area contributed by atoms with Crippen LogP contribution in [0, 0.1) is 0 Å². The summed E-state index contributed by atoms with van der Waals surface area (Å²) in [6.07, 6.45) is 4.05. The Balaban J connectivity index is 1.75. The lowest BCUT2D eigenvalue weighted by atomic mass is 9.93. The van der Waals surface area contributed by atoms with E-state index in [0.717, 1.165) is 48.1 Å². The third kappa shape index (κ3) is 4.96. The van der Waals surface area contributed by atoms with Crippen molar-refractivity contribution in [3.05, 3.63) is 76.3 Å². The predicted octanol–water partition coefficient (Wildman–Crippen LogP) is 6.64. The molecule has 1 aliphatic heterocycles. The quantitative estimate of drug-likeness (QED) is 0.379. The number of hydrogen-bond acceptors (Lipinski definition) is 4. The first kappa shape index (κ1) is 23.1. The van der Waals surface area contributed by atoms with Gasteiger partial charge in [0.25, 0.3) is 5.89 Å². The van der Waals surface area contributed by atoms with Crippen LogP contribution in [-0.2, 0) is 6.42 Å². The van der Waals surface area contributed by atoms with E-state index in [2.05, 4.69) is 48.6 Å². The van der Waals surface area contributed by atoms with Crippen molar-refractivity contribution in [3.63, 3.8) is 0 Å². The van der Waals surface area contributed by atoms with Crippen LogP contribution in [0.15, 0.2) is 58.8 Å². The Morgan fingerprint density at radius 1 is 1.06 bits per heavy atom. The maximum atomic E-state index is 13.0. The van der Waals surface area contributed by atoms with Gasteiger partial charge in [-0.05, 0) is 55.2 Å². The lowest BCUT2D eigenvalue weighted by Crippen LogP contribution is -2.46. The summed E-state index contributed by atoms with van der Waals surface area (Å²) in [5.74, 6) is 0.888. The van der Waals surface area contributed by atoms with Gasteiger partial charge in [-0.2, -0.15) is 4.98 Å². The summed E-state index contributed by atoms with van der Waals surface area (Å²) in [4.78, 5) is 19.5. The van der Waals surface area contributed by atoms with Crippen molar-refractivity contribution >= 4 is 23.2 Å². The molecule has 2 heterocycles. The van der Waals surface area contributed by atoms with E-state index in [4.69, 9.17) is 21.1 Å². The van der Waals surface area contributed by atoms with Crippen molar-refractivity contribution in [1.29, 1.82) is 0 Å². The number of hydrogen-bond donors (Lipinski definition) is 1. The van der Waals surface area contributed by atoms with Gasteiger partial charge in [0.05, 0.1) is 11.6 Å². The van der Waals surface area contributed by atoms with E-state index in [-0.39, 0.29) is 12.1 Å². The van der Waals surface area contributed by atoms with E-state index in [9.17, 15) is 4.79 Å². The number of carbonyl (C=O) groups excluding carboxylic acids is 1. The summed E-state index contributed by atoms with van der Waals surface area (Å²) in [5.41, 5.74) is 4.70. The first-order valence-electron chi connectivity index (χ1n) is 11.5. The number of nitrogens with one attached hydrogen (secondary N) is 1. The molecular formula is C26H29ClN4O2. The van der Waals surface area contributed by atoms with Crippen LogP contribution in [0.25, 0.3) is 17.0 Å². The Morgan fingerprint density at radius 3 is 2.45 bits per heavy atom. The molecule has 1 atom stereocenters. The molecule has 1 aliphatic rings. The topological polar surface area (TPSA) is 71.3 Å². The zero-order valence-corrected chi connectivity index (χ0v) is 20.0. The average Bonchev–Trinajstić information content (AvgIpc) is 3.31. The van der Waals surface area contributed by atoms with Gasteiger partial charge in [-0.15, -0.1) is 0 Å². The molecule has 0 spiro atoms. The van der Waals surface area contributed by atoms with Gasteiger partial charge in [-0.1, -0.05) is 67.7 Å². The number of carbonyl (C=O) groups is 1. The second-order valence-corrected chi connectivity index (χ2v) is 8.70. The zero-order chi connectivity index (χ0) is 23.4. The SMILES string of the molecule is CCCCCN1C(=O)NC(c2ccc(CC)cc2)C(c2nc(-c3ccc(Cl)cc3)no2)=C1C. The molecule has 0 bridgehead atoms. The van der Waals surface area contributed by atoms with Crippen LogP contribution >= 0.6 is 11.6 Å². The smallest absolute Gasteiger partial charge is 0.322 e. The summed E-state index contributed by atoms with van der Waals surface area (Å²) >= 11 is 6.02. The molecule has 0 fully saturated rings. The molecule has 1 N–H and O–H groups in total. The van der Waals surface area contributed by atoms with Crippen molar-refractivity contribution < 1.29 is 9.32 Å². The van der Waals surface area contributed by atoms with Gasteiger partial charge in [0, 0.05) is 22.8 Å². The molecule has 33 heavy (non-hydrogen) atoms. The molecule has 0 aliphatic carbocycles. The van der Waals surface area contributed by atoms with Crippen LogP contribution in [0.3, 0.4) is 0 Å². The van der Waals surface area contributed by atoms with Crippen molar-refractivity contribution in [2.75, 3.05) is 6.54 Å². The summed E-state index contributed by atoms with van der Waals surface area (Å²) in [6, 6.07) is 15.1. The van der Waals surface area contributed by atoms with Crippen LogP contribution in [0.2, 0.25) is 5.02 Å². The summed E-state index contributed by atoms with van der Waals surface area (Å²) < 4.78 is 5.74. The number of amides is 2. The highest BCUT2D eigenvalue weighted by molar-refractivity contribution is 6.30. The Bertz CT molecular complexity index is 1140. The van der Waals surface area contributed by atoms with Gasteiger partial charge in [-0.3, -0.25) is 4.90 Å². The number of allylic oxidation sites excluding steroid dienone is 1. The molecule has 1 aromatic heterocycles. The number of urea groups is 1. The molecule has 7 heteroatoms. The highest BCUT2D eigenvalue weighted by atomic mass is 35.5. The van der Waals surface area contributed by atoms with Crippen LogP contribution in [0.1, 0.15) is 63.1 Å². The van der Waals surface area contributed by atoms with E-state index >= 15 is 0 Å². The molecule has 1 unspecified atom stereocenters. The summed E-state index contributed by atoms with van der Waals surface area (Å²) in [6.45, 7) is 6.88. The molecule has 2 aromatic carbocycles. The van der Waals surface area contributed by atoms with Crippen molar-refractivity contribution in [3.8, 4) is 11.4 Å². The molecule has 0 radical (unpaired) electrons. The molecule has 0 saturated carbocycles. The van der Waals surface area contributed by atoms with Crippen molar-refractivity contribution in [2.45, 2.75) is 52.5 Å². The van der Waals surface area contributed by atoms with Gasteiger partial charge in [0.2, 0.25) is 5.82 Å². The zero-order valence-electron chi connectivity index (χ0n) is 19.3. The van der Waals surface area contributed by atoms with Gasteiger partial charge in [0.15, 0.2) is 0 Å². The first-order valence-corrected chi connectivity index (χ1v) is 11.9. The number of rotatable bonds is 8. The van der Waals surface area contributed by atoms with Gasteiger partial charge in [0.1, 0.15) is 0 Å². The highest BCUT2D eigenvalue weighted by Crippen LogP contribution is 2.37. The van der Waals surface area contributed by atoms with E-state index in [0.29, 0.717) is 23.3 Å². The van der Waals surface area contributed by atoms with E-state index in [1.165, 1.54) is 5.56 Å². The van der Waals surface area contributed by atoms with Gasteiger partial charge >= 0.3 is 6.03 Å². The van der Waals surface area contributed by atoms with Crippen LogP contribution in [0.5, 0.6) is 0 Å². The third-order valence-electron chi connectivity index (χ3n) is 6.06. The molecule has 6 nitrogen and oxygen atoms in total. The average molecular weight is 465 g/mol. The largest absolute Gasteiger partial charge is 0.334 e. The maximum absolute atomic E-state index is 13.0. The van der Waals surface area contributed by atoms with E-state index < -0.39 is 0 Å². The van der Waals surface area contributed by atoms with Gasteiger partial charge < -0.3 is 9.84 Å². The monoisotopic (exact) mass is 464 g/mol. The Kier molecular flexibility index (Phi) is 7.14. The lowest BCUT2D eigenvalue weighted by Gasteiger charge is -2.35. The fourth-order valence-corrected chi connectivity index (χ4v) is 4.22. The number of benzene rings is 2. The fraction of sp³-hybridized carbons (Fsp3) is 0.346. The summed E-state index contributed by atoms with van der Waals surface area (Å²) in [5, 5.41) is 8.02. The number of aryl methyl sites for hydroxylation is 1. The molecule has 4 rings (SSSR count). The minimum Gasteiger partial charge on any atom is -0.334 e. The molecule has 0 saturated heterocycles. The normalized spacial score (nSPS) is 16.3. The predicted molar refractivity (Wildman–Crippen MR) is 131 cm³/mol. The van der Waals surface area contributed by atoms with Crippen LogP contribution in [0.4, 0.5) is 4.79 Å². The highest BCUT2D eigenvalue weighted by Gasteiger charge is 2.35. The molecule has 2 amide bonds. The van der Waals surface area contributed by atoms with E-state index in [1.807, 2.05) is 19.1 Å². The van der Waals surface area contributed by atoms with Crippen molar-refractivity contribution in [2.24, 2.45) is 0 Å². The second-order valence-electron chi connectivity index (χ2n) is 8.27. The second kappa shape index (κ2) is 10.2. The Labute approximate surface area is 199 Å². The van der Waals surface area contributed by atoms with Crippen LogP contribution < -0.4 is 5.32 Å². The standard InChI is InChI=1S/C26H29ClN4O2/c1-4-6-7-16-31-17(3)22(23(28-26(31)32)19-10-8-18(5-2)9-11-19)25-29-24(30-33-25)20-12-14-21(27)15-13-20/h8-15,23H,4-7,16H2,1-3H3,(H,28,32). The van der Waals surface area contributed by atoms with Gasteiger partial charge in [-0.25, -0.2) is 4.79 Å². The first-order chi connectivity index (χ1) is 16.0. The third-order valence-corrected chi connectivity index (χ3v) is 6.31. The minimum absolute atomic E-state index is 0.102. The fourth-order valence-electron chi connectivity index (χ4n) is 4.09. The number of unbranched alkanes of at least 4 members (excludes halogenated alkanes) is 2. The van der Waals surface area contributed by atoms with Crippen molar-refractivity contribution in [1.82, 2.24) is 20.4 Å². The Morgan fingerprint density at radius 2 is 1.79 bits per heavy atom. The molecule has 172 valence electrons. The molecule has 3 aromatic rings. The number of nitrogens with zero attached hydrogens (tertiary/aromatic N) is 3. The number of aromatic nitrogens is 2. The lowest BCUT2D eigenvalue weighted by molar-refractivity contribution is 0.204. The minimum atomic E-state index is -0.371. The maximum Gasteiger partial charge on any atom is 0.322 e. The summed E-state index contributed by atoms with van der Waals surface area (Å²) in [7, 11) is 0. The molecular weight excluding hydrogens is 436 g/mol. The van der Waals surface area contributed by atoms with E-state index in [1.54, 1.807) is 17.0 Å². The van der Waals surface area contributed by atoms with Crippen LogP contribution in [-0.4, -0.2) is 27.6 Å². The number of halogens is 1. The Hall–Kier alpha value is -3.12.